The maximum Gasteiger partial charge on any atom is 0.498 e. The second-order valence-corrected chi connectivity index (χ2v) is 6.43. The second kappa shape index (κ2) is 5.08. The standard InChI is InChI=1S/C16H25BO3/c1-8-12-11(2)9-10-13(14(12)18-7)17-19-15(3,4)16(5,6)20-17/h9-10H,8H2,1-7H3. The van der Waals surface area contributed by atoms with Crippen LogP contribution in [0.5, 0.6) is 5.75 Å². The summed E-state index contributed by atoms with van der Waals surface area (Å²) >= 11 is 0. The molecule has 3 nitrogen and oxygen atoms in total. The first-order valence-corrected chi connectivity index (χ1v) is 7.25. The van der Waals surface area contributed by atoms with Crippen molar-refractivity contribution in [2.45, 2.75) is 59.2 Å². The quantitative estimate of drug-likeness (QED) is 0.794. The van der Waals surface area contributed by atoms with Gasteiger partial charge >= 0.3 is 7.12 Å². The Balaban J connectivity index is 2.45. The maximum atomic E-state index is 6.13. The topological polar surface area (TPSA) is 27.7 Å². The van der Waals surface area contributed by atoms with Crippen LogP contribution in [0.15, 0.2) is 12.1 Å². The minimum absolute atomic E-state index is 0.333. The van der Waals surface area contributed by atoms with Gasteiger partial charge in [0.1, 0.15) is 5.75 Å². The van der Waals surface area contributed by atoms with E-state index in [-0.39, 0.29) is 18.3 Å². The van der Waals surface area contributed by atoms with Gasteiger partial charge in [0.05, 0.1) is 18.3 Å². The Morgan fingerprint density at radius 1 is 1.10 bits per heavy atom. The van der Waals surface area contributed by atoms with Crippen molar-refractivity contribution in [2.75, 3.05) is 7.11 Å². The molecule has 4 heteroatoms. The van der Waals surface area contributed by atoms with Crippen molar-refractivity contribution in [3.05, 3.63) is 23.3 Å². The Morgan fingerprint density at radius 2 is 1.65 bits per heavy atom. The highest BCUT2D eigenvalue weighted by Crippen LogP contribution is 2.37. The Bertz CT molecular complexity index is 493. The molecule has 20 heavy (non-hydrogen) atoms. The Labute approximate surface area is 122 Å². The molecule has 0 radical (unpaired) electrons. The number of ether oxygens (including phenoxy) is 1. The summed E-state index contributed by atoms with van der Waals surface area (Å²) < 4.78 is 17.9. The molecule has 0 N–H and O–H groups in total. The Kier molecular flexibility index (Phi) is 3.91. The number of rotatable bonds is 3. The minimum atomic E-state index is -0.374. The van der Waals surface area contributed by atoms with Crippen LogP contribution >= 0.6 is 0 Å². The molecule has 1 aliphatic heterocycles. The molecule has 0 atom stereocenters. The number of hydrogen-bond donors (Lipinski definition) is 0. The largest absolute Gasteiger partial charge is 0.498 e. The molecule has 1 fully saturated rings. The average Bonchev–Trinajstić information content (AvgIpc) is 2.57. The van der Waals surface area contributed by atoms with Gasteiger partial charge in [-0.1, -0.05) is 19.1 Å². The number of methoxy groups -OCH3 is 1. The summed E-state index contributed by atoms with van der Waals surface area (Å²) in [6, 6.07) is 4.16. The molecule has 0 bridgehead atoms. The molecule has 0 aliphatic carbocycles. The van der Waals surface area contributed by atoms with E-state index in [1.807, 2.05) is 0 Å². The molecule has 1 heterocycles. The number of aryl methyl sites for hydroxylation is 1. The van der Waals surface area contributed by atoms with Crippen LogP contribution in [-0.2, 0) is 15.7 Å². The first kappa shape index (κ1) is 15.4. The van der Waals surface area contributed by atoms with Crippen LogP contribution in [0.1, 0.15) is 45.7 Å². The summed E-state index contributed by atoms with van der Waals surface area (Å²) in [5.74, 6) is 0.894. The third-order valence-corrected chi connectivity index (χ3v) is 4.59. The van der Waals surface area contributed by atoms with Gasteiger partial charge in [0.15, 0.2) is 0 Å². The monoisotopic (exact) mass is 276 g/mol. The Morgan fingerprint density at radius 3 is 2.10 bits per heavy atom. The fourth-order valence-corrected chi connectivity index (χ4v) is 2.58. The van der Waals surface area contributed by atoms with Crippen molar-refractivity contribution in [1.29, 1.82) is 0 Å². The van der Waals surface area contributed by atoms with Gasteiger partial charge in [0, 0.05) is 5.46 Å². The third-order valence-electron chi connectivity index (χ3n) is 4.59. The molecular weight excluding hydrogens is 251 g/mol. The molecular formula is C16H25BO3. The van der Waals surface area contributed by atoms with E-state index >= 15 is 0 Å². The predicted octanol–water partition coefficient (Wildman–Crippen LogP) is 2.87. The van der Waals surface area contributed by atoms with E-state index < -0.39 is 0 Å². The highest BCUT2D eigenvalue weighted by Gasteiger charge is 2.52. The van der Waals surface area contributed by atoms with Crippen molar-refractivity contribution in [3.8, 4) is 5.75 Å². The van der Waals surface area contributed by atoms with Gasteiger partial charge in [-0.15, -0.1) is 0 Å². The van der Waals surface area contributed by atoms with Gasteiger partial charge in [-0.3, -0.25) is 0 Å². The van der Waals surface area contributed by atoms with Gasteiger partial charge < -0.3 is 14.0 Å². The lowest BCUT2D eigenvalue weighted by atomic mass is 9.76. The number of hydrogen-bond acceptors (Lipinski definition) is 3. The van der Waals surface area contributed by atoms with Gasteiger partial charge in [-0.2, -0.15) is 0 Å². The molecule has 1 aliphatic rings. The van der Waals surface area contributed by atoms with Gasteiger partial charge in [0.25, 0.3) is 0 Å². The lowest BCUT2D eigenvalue weighted by Crippen LogP contribution is -2.41. The van der Waals surface area contributed by atoms with E-state index in [4.69, 9.17) is 14.0 Å². The molecule has 0 aromatic heterocycles. The molecule has 0 unspecified atom stereocenters. The summed E-state index contributed by atoms with van der Waals surface area (Å²) in [5.41, 5.74) is 2.78. The lowest BCUT2D eigenvalue weighted by Gasteiger charge is -2.32. The fraction of sp³-hybridized carbons (Fsp3) is 0.625. The fourth-order valence-electron chi connectivity index (χ4n) is 2.58. The zero-order valence-corrected chi connectivity index (χ0v) is 13.7. The molecule has 0 spiro atoms. The summed E-state index contributed by atoms with van der Waals surface area (Å²) in [6.07, 6.45) is 0.933. The van der Waals surface area contributed by atoms with E-state index in [9.17, 15) is 0 Å². The second-order valence-electron chi connectivity index (χ2n) is 6.43. The van der Waals surface area contributed by atoms with E-state index in [1.165, 1.54) is 11.1 Å². The van der Waals surface area contributed by atoms with Gasteiger partial charge in [-0.25, -0.2) is 0 Å². The number of benzene rings is 1. The molecule has 0 saturated carbocycles. The van der Waals surface area contributed by atoms with Crippen molar-refractivity contribution >= 4 is 12.6 Å². The highest BCUT2D eigenvalue weighted by atomic mass is 16.7. The van der Waals surface area contributed by atoms with Crippen LogP contribution in [0.2, 0.25) is 0 Å². The van der Waals surface area contributed by atoms with E-state index in [0.29, 0.717) is 0 Å². The molecule has 1 aromatic carbocycles. The van der Waals surface area contributed by atoms with Crippen LogP contribution in [0.3, 0.4) is 0 Å². The zero-order chi connectivity index (χ0) is 15.1. The lowest BCUT2D eigenvalue weighted by molar-refractivity contribution is 0.00578. The van der Waals surface area contributed by atoms with Crippen LogP contribution in [0, 0.1) is 6.92 Å². The van der Waals surface area contributed by atoms with Crippen molar-refractivity contribution < 1.29 is 14.0 Å². The van der Waals surface area contributed by atoms with Crippen LogP contribution in [-0.4, -0.2) is 25.4 Å². The van der Waals surface area contributed by atoms with E-state index in [0.717, 1.165) is 17.6 Å². The van der Waals surface area contributed by atoms with Crippen LogP contribution in [0.4, 0.5) is 0 Å². The van der Waals surface area contributed by atoms with Crippen molar-refractivity contribution in [3.63, 3.8) is 0 Å². The van der Waals surface area contributed by atoms with Crippen molar-refractivity contribution in [1.82, 2.24) is 0 Å². The predicted molar refractivity (Wildman–Crippen MR) is 82.8 cm³/mol. The average molecular weight is 276 g/mol. The van der Waals surface area contributed by atoms with Crippen LogP contribution in [0.25, 0.3) is 0 Å². The molecule has 1 saturated heterocycles. The summed E-state index contributed by atoms with van der Waals surface area (Å²) in [4.78, 5) is 0. The van der Waals surface area contributed by atoms with E-state index in [1.54, 1.807) is 7.11 Å². The molecule has 2 rings (SSSR count). The first-order valence-electron chi connectivity index (χ1n) is 7.25. The Hall–Kier alpha value is -0.995. The molecule has 0 amide bonds. The molecule has 110 valence electrons. The van der Waals surface area contributed by atoms with Gasteiger partial charge in [0.2, 0.25) is 0 Å². The summed E-state index contributed by atoms with van der Waals surface area (Å²) in [5, 5.41) is 0. The summed E-state index contributed by atoms with van der Waals surface area (Å²) in [6.45, 7) is 12.5. The highest BCUT2D eigenvalue weighted by molar-refractivity contribution is 6.63. The first-order chi connectivity index (χ1) is 9.23. The third kappa shape index (κ3) is 2.36. The van der Waals surface area contributed by atoms with Gasteiger partial charge in [-0.05, 0) is 52.2 Å². The van der Waals surface area contributed by atoms with Crippen LogP contribution < -0.4 is 10.2 Å². The molecule has 1 aromatic rings. The SMILES string of the molecule is CCc1c(C)ccc(B2OC(C)(C)C(C)(C)O2)c1OC. The minimum Gasteiger partial charge on any atom is -0.497 e. The zero-order valence-electron chi connectivity index (χ0n) is 13.7. The van der Waals surface area contributed by atoms with E-state index in [2.05, 4.69) is 53.7 Å². The smallest absolute Gasteiger partial charge is 0.497 e. The summed E-state index contributed by atoms with van der Waals surface area (Å²) in [7, 11) is 1.34. The normalized spacial score (nSPS) is 20.2. The van der Waals surface area contributed by atoms with Crippen molar-refractivity contribution in [2.24, 2.45) is 0 Å². The maximum absolute atomic E-state index is 6.13.